The number of amides is 6. The zero-order valence-electron chi connectivity index (χ0n) is 23.9. The van der Waals surface area contributed by atoms with E-state index in [-0.39, 0.29) is 36.5 Å². The van der Waals surface area contributed by atoms with Gasteiger partial charge in [-0.15, -0.1) is 0 Å². The summed E-state index contributed by atoms with van der Waals surface area (Å²) in [5.41, 5.74) is 0.457. The molecule has 3 aliphatic rings. The van der Waals surface area contributed by atoms with Crippen LogP contribution < -0.4 is 16.0 Å². The van der Waals surface area contributed by atoms with Crippen LogP contribution in [0.2, 0.25) is 0 Å². The van der Waals surface area contributed by atoms with Gasteiger partial charge >= 0.3 is 0 Å². The van der Waals surface area contributed by atoms with E-state index in [1.54, 1.807) is 43.4 Å². The zero-order valence-corrected chi connectivity index (χ0v) is 23.9. The molecule has 1 aliphatic carbocycles. The third kappa shape index (κ3) is 7.39. The Labute approximate surface area is 245 Å². The Morgan fingerprint density at radius 1 is 1.05 bits per heavy atom. The highest BCUT2D eigenvalue weighted by Gasteiger charge is 2.45. The van der Waals surface area contributed by atoms with E-state index in [0.29, 0.717) is 24.2 Å². The van der Waals surface area contributed by atoms with Crippen LogP contribution >= 0.6 is 0 Å². The van der Waals surface area contributed by atoms with Gasteiger partial charge in [-0.2, -0.15) is 0 Å². The molecular formula is C31H38N4O7. The minimum atomic E-state index is -1.14. The maximum absolute atomic E-state index is 13.7. The van der Waals surface area contributed by atoms with E-state index in [9.17, 15) is 28.8 Å². The molecule has 2 atom stereocenters. The molecule has 224 valence electrons. The number of benzene rings is 1. The first-order valence-electron chi connectivity index (χ1n) is 14.6. The fraction of sp³-hybridized carbons (Fsp3) is 0.484. The molecule has 2 aliphatic heterocycles. The van der Waals surface area contributed by atoms with E-state index in [1.807, 2.05) is 0 Å². The molecule has 0 aromatic heterocycles. The lowest BCUT2D eigenvalue weighted by atomic mass is 9.87. The SMILES string of the molecule is CC1(OCC(=O)NCCCCCCCCCNC=O)C=Cc2cccc3c2C(=C1)C(=O)N(C1CCC(=O)NC1=O)C3=O. The van der Waals surface area contributed by atoms with Crippen molar-refractivity contribution in [3.63, 3.8) is 0 Å². The van der Waals surface area contributed by atoms with Gasteiger partial charge in [-0.25, -0.2) is 0 Å². The summed E-state index contributed by atoms with van der Waals surface area (Å²) in [5, 5.41) is 7.75. The van der Waals surface area contributed by atoms with Crippen LogP contribution in [0.3, 0.4) is 0 Å². The Kier molecular flexibility index (Phi) is 10.4. The maximum atomic E-state index is 13.7. The molecule has 0 bridgehead atoms. The summed E-state index contributed by atoms with van der Waals surface area (Å²) in [7, 11) is 0. The van der Waals surface area contributed by atoms with Gasteiger partial charge in [-0.3, -0.25) is 39.0 Å². The van der Waals surface area contributed by atoms with Gasteiger partial charge in [0, 0.05) is 36.2 Å². The van der Waals surface area contributed by atoms with E-state index in [2.05, 4.69) is 16.0 Å². The molecule has 0 spiro atoms. The van der Waals surface area contributed by atoms with Crippen LogP contribution in [0.1, 0.15) is 86.2 Å². The number of rotatable bonds is 15. The van der Waals surface area contributed by atoms with E-state index in [1.165, 1.54) is 0 Å². The lowest BCUT2D eigenvalue weighted by Gasteiger charge is -2.36. The summed E-state index contributed by atoms with van der Waals surface area (Å²) in [4.78, 5) is 75.1. The summed E-state index contributed by atoms with van der Waals surface area (Å²) in [6, 6.07) is 4.00. The van der Waals surface area contributed by atoms with Crippen LogP contribution in [0.15, 0.2) is 30.4 Å². The normalized spacial score (nSPS) is 21.3. The molecule has 11 nitrogen and oxygen atoms in total. The summed E-state index contributed by atoms with van der Waals surface area (Å²) in [5.74, 6) is -2.63. The molecule has 11 heteroatoms. The number of hydrogen-bond donors (Lipinski definition) is 3. The highest BCUT2D eigenvalue weighted by Crippen LogP contribution is 2.38. The third-order valence-electron chi connectivity index (χ3n) is 7.73. The molecule has 2 unspecified atom stereocenters. The first-order valence-corrected chi connectivity index (χ1v) is 14.6. The van der Waals surface area contributed by atoms with Gasteiger partial charge in [0.1, 0.15) is 18.2 Å². The summed E-state index contributed by atoms with van der Waals surface area (Å²) in [6.07, 6.45) is 13.1. The van der Waals surface area contributed by atoms with Crippen LogP contribution in [-0.4, -0.2) is 72.2 Å². The molecule has 1 saturated heterocycles. The van der Waals surface area contributed by atoms with E-state index < -0.39 is 35.3 Å². The molecule has 0 radical (unpaired) electrons. The van der Waals surface area contributed by atoms with Gasteiger partial charge in [0.15, 0.2) is 0 Å². The number of carbonyl (C=O) groups excluding carboxylic acids is 6. The molecule has 1 aromatic carbocycles. The van der Waals surface area contributed by atoms with Crippen molar-refractivity contribution in [2.45, 2.75) is 76.4 Å². The van der Waals surface area contributed by atoms with Crippen molar-refractivity contribution in [1.29, 1.82) is 0 Å². The number of ether oxygens (including phenoxy) is 1. The molecule has 3 N–H and O–H groups in total. The predicted octanol–water partition coefficient (Wildman–Crippen LogP) is 2.25. The van der Waals surface area contributed by atoms with E-state index >= 15 is 0 Å². The molecule has 1 fully saturated rings. The molecule has 1 aromatic rings. The average Bonchev–Trinajstić information content (AvgIpc) is 3.12. The highest BCUT2D eigenvalue weighted by atomic mass is 16.5. The van der Waals surface area contributed by atoms with E-state index in [0.717, 1.165) is 56.3 Å². The molecule has 4 rings (SSSR count). The fourth-order valence-electron chi connectivity index (χ4n) is 5.47. The van der Waals surface area contributed by atoms with Gasteiger partial charge < -0.3 is 15.4 Å². The monoisotopic (exact) mass is 578 g/mol. The van der Waals surface area contributed by atoms with Crippen LogP contribution in [0.4, 0.5) is 0 Å². The largest absolute Gasteiger partial charge is 0.359 e. The molecule has 2 heterocycles. The van der Waals surface area contributed by atoms with Crippen LogP contribution in [0.25, 0.3) is 11.6 Å². The molecular weight excluding hydrogens is 540 g/mol. The maximum Gasteiger partial charge on any atom is 0.262 e. The Morgan fingerprint density at radius 3 is 2.48 bits per heavy atom. The minimum absolute atomic E-state index is 0.0260. The number of hydrogen-bond acceptors (Lipinski definition) is 7. The number of nitrogens with zero attached hydrogens (tertiary/aromatic N) is 1. The van der Waals surface area contributed by atoms with Crippen molar-refractivity contribution in [1.82, 2.24) is 20.9 Å². The predicted molar refractivity (Wildman–Crippen MR) is 155 cm³/mol. The van der Waals surface area contributed by atoms with Gasteiger partial charge in [0.2, 0.25) is 24.1 Å². The quantitative estimate of drug-likeness (QED) is 0.164. The standard InChI is InChI=1S/C31H38N4O7/c1-31(42-19-26(38)33-17-8-6-4-2-3-5-7-16-32-20-36)15-14-21-10-9-11-22-27(21)23(18-31)30(41)35(29(22)40)24-12-13-25(37)34-28(24)39/h9-11,14-15,18,20,24H,2-8,12-13,16-17,19H2,1H3,(H,32,36)(H,33,38)(H,34,37,39). The fourth-order valence-corrected chi connectivity index (χ4v) is 5.47. The summed E-state index contributed by atoms with van der Waals surface area (Å²) in [6.45, 7) is 2.75. The Bertz CT molecular complexity index is 1300. The number of nitrogens with one attached hydrogen (secondary N) is 3. The van der Waals surface area contributed by atoms with Gasteiger partial charge in [-0.05, 0) is 50.0 Å². The molecule has 0 saturated carbocycles. The minimum Gasteiger partial charge on any atom is -0.359 e. The van der Waals surface area contributed by atoms with Gasteiger partial charge in [-0.1, -0.05) is 50.3 Å². The number of unbranched alkanes of at least 4 members (excludes halogenated alkanes) is 6. The number of imide groups is 2. The van der Waals surface area contributed by atoms with Crippen LogP contribution in [-0.2, 0) is 28.7 Å². The van der Waals surface area contributed by atoms with Crippen molar-refractivity contribution in [3.8, 4) is 0 Å². The second kappa shape index (κ2) is 14.2. The Balaban J connectivity index is 1.34. The average molecular weight is 579 g/mol. The van der Waals surface area contributed by atoms with Crippen molar-refractivity contribution < 1.29 is 33.5 Å². The number of carbonyl (C=O) groups is 6. The second-order valence-electron chi connectivity index (χ2n) is 11.0. The summed E-state index contributed by atoms with van der Waals surface area (Å²) >= 11 is 0. The second-order valence-corrected chi connectivity index (χ2v) is 11.0. The van der Waals surface area contributed by atoms with Crippen molar-refractivity contribution >= 4 is 47.6 Å². The van der Waals surface area contributed by atoms with Crippen molar-refractivity contribution in [3.05, 3.63) is 47.0 Å². The van der Waals surface area contributed by atoms with E-state index in [4.69, 9.17) is 4.74 Å². The Morgan fingerprint density at radius 2 is 1.76 bits per heavy atom. The van der Waals surface area contributed by atoms with Crippen molar-refractivity contribution in [2.24, 2.45) is 0 Å². The van der Waals surface area contributed by atoms with Gasteiger partial charge in [0.25, 0.3) is 11.8 Å². The summed E-state index contributed by atoms with van der Waals surface area (Å²) < 4.78 is 6.00. The van der Waals surface area contributed by atoms with Crippen molar-refractivity contribution in [2.75, 3.05) is 19.7 Å². The molecule has 42 heavy (non-hydrogen) atoms. The Hall–Kier alpha value is -4.12. The molecule has 6 amide bonds. The first-order chi connectivity index (χ1) is 20.2. The smallest absolute Gasteiger partial charge is 0.262 e. The highest BCUT2D eigenvalue weighted by molar-refractivity contribution is 6.33. The topological polar surface area (TPSA) is 151 Å². The number of piperidine rings is 1. The lowest BCUT2D eigenvalue weighted by molar-refractivity contribution is -0.141. The first kappa shape index (κ1) is 30.8. The van der Waals surface area contributed by atoms with Gasteiger partial charge in [0.05, 0.1) is 0 Å². The lowest BCUT2D eigenvalue weighted by Crippen LogP contribution is -2.57. The van der Waals surface area contributed by atoms with Crippen LogP contribution in [0.5, 0.6) is 0 Å². The third-order valence-corrected chi connectivity index (χ3v) is 7.73. The van der Waals surface area contributed by atoms with Crippen LogP contribution in [0, 0.1) is 0 Å². The zero-order chi connectivity index (χ0) is 30.1.